The van der Waals surface area contributed by atoms with Crippen molar-refractivity contribution in [2.24, 2.45) is 10.9 Å². The molecule has 0 aromatic carbocycles. The van der Waals surface area contributed by atoms with E-state index in [4.69, 9.17) is 4.74 Å². The Bertz CT molecular complexity index is 283. The zero-order valence-electron chi connectivity index (χ0n) is 9.89. The van der Waals surface area contributed by atoms with Crippen LogP contribution in [0, 0.1) is 5.92 Å². The van der Waals surface area contributed by atoms with Gasteiger partial charge in [-0.1, -0.05) is 0 Å². The van der Waals surface area contributed by atoms with Crippen molar-refractivity contribution in [3.8, 4) is 0 Å². The first kappa shape index (κ1) is 15.1. The van der Waals surface area contributed by atoms with Gasteiger partial charge in [-0.3, -0.25) is 4.79 Å². The molecule has 0 aliphatic carbocycles. The summed E-state index contributed by atoms with van der Waals surface area (Å²) in [5.74, 6) is -0.651. The number of nitrogens with zero attached hydrogens (tertiary/aromatic N) is 1. The first-order valence-corrected chi connectivity index (χ1v) is 5.20. The third-order valence-corrected chi connectivity index (χ3v) is 1.88. The summed E-state index contributed by atoms with van der Waals surface area (Å²) >= 11 is 3.69. The van der Waals surface area contributed by atoms with Gasteiger partial charge in [-0.25, -0.2) is 4.79 Å². The second kappa shape index (κ2) is 6.65. The lowest BCUT2D eigenvalue weighted by Gasteiger charge is -2.21. The fourth-order valence-electron chi connectivity index (χ4n) is 0.721. The minimum absolute atomic E-state index is 0.131. The van der Waals surface area contributed by atoms with Crippen LogP contribution in [0.2, 0.25) is 0 Å². The van der Waals surface area contributed by atoms with Crippen LogP contribution in [0.1, 0.15) is 20.8 Å². The molecule has 5 nitrogen and oxygen atoms in total. The number of hydrogen-bond donors (Lipinski definition) is 1. The smallest absolute Gasteiger partial charge is 0.432 e. The Morgan fingerprint density at radius 1 is 1.44 bits per heavy atom. The van der Waals surface area contributed by atoms with Gasteiger partial charge in [0, 0.05) is 6.21 Å². The van der Waals surface area contributed by atoms with Gasteiger partial charge in [0.15, 0.2) is 5.12 Å². The summed E-state index contributed by atoms with van der Waals surface area (Å²) < 4.78 is 9.72. The summed E-state index contributed by atoms with van der Waals surface area (Å²) in [4.78, 5) is 25.3. The molecule has 0 spiro atoms. The highest BCUT2D eigenvalue weighted by Gasteiger charge is 2.18. The Balaban J connectivity index is 4.35. The summed E-state index contributed by atoms with van der Waals surface area (Å²) in [6, 6.07) is 0. The fraction of sp³-hybridized carbons (Fsp3) is 0.700. The van der Waals surface area contributed by atoms with Crippen LogP contribution in [0.4, 0.5) is 4.79 Å². The Morgan fingerprint density at radius 3 is 2.38 bits per heavy atom. The average molecular weight is 247 g/mol. The van der Waals surface area contributed by atoms with Gasteiger partial charge in [0.05, 0.1) is 25.2 Å². The number of methoxy groups -OCH3 is 1. The summed E-state index contributed by atoms with van der Waals surface area (Å²) in [6.07, 6.45) is 0.433. The van der Waals surface area contributed by atoms with Crippen molar-refractivity contribution < 1.29 is 19.1 Å². The van der Waals surface area contributed by atoms with E-state index < -0.39 is 17.1 Å². The van der Waals surface area contributed by atoms with Crippen LogP contribution in [-0.2, 0) is 14.3 Å². The Morgan fingerprint density at radius 2 is 2.00 bits per heavy atom. The van der Waals surface area contributed by atoms with Crippen molar-refractivity contribution >= 4 is 30.1 Å². The van der Waals surface area contributed by atoms with Crippen molar-refractivity contribution in [1.29, 1.82) is 0 Å². The molecule has 0 aliphatic rings. The van der Waals surface area contributed by atoms with Gasteiger partial charge < -0.3 is 9.47 Å². The molecule has 0 saturated heterocycles. The predicted octanol–water partition coefficient (Wildman–Crippen LogP) is 1.71. The maximum absolute atomic E-state index is 11.1. The molecule has 1 amide bonds. The minimum Gasteiger partial charge on any atom is -0.451 e. The van der Waals surface area contributed by atoms with Gasteiger partial charge >= 0.3 is 6.09 Å². The molecule has 0 aromatic heterocycles. The highest BCUT2D eigenvalue weighted by atomic mass is 32.1. The molecule has 16 heavy (non-hydrogen) atoms. The molecule has 0 N–H and O–H groups in total. The second-order valence-corrected chi connectivity index (χ2v) is 4.56. The van der Waals surface area contributed by atoms with Crippen LogP contribution >= 0.6 is 12.6 Å². The molecular weight excluding hydrogens is 230 g/mol. The maximum Gasteiger partial charge on any atom is 0.432 e. The lowest BCUT2D eigenvalue weighted by molar-refractivity contribution is -0.115. The van der Waals surface area contributed by atoms with Gasteiger partial charge in [-0.05, 0) is 20.8 Å². The third-order valence-electron chi connectivity index (χ3n) is 1.55. The van der Waals surface area contributed by atoms with E-state index in [1.807, 2.05) is 20.8 Å². The number of hydrogen-bond acceptors (Lipinski definition) is 4. The quantitative estimate of drug-likeness (QED) is 0.606. The molecule has 0 aliphatic heterocycles. The van der Waals surface area contributed by atoms with Crippen molar-refractivity contribution in [3.63, 3.8) is 0 Å². The number of thiol groups is 1. The van der Waals surface area contributed by atoms with Crippen LogP contribution in [0.3, 0.4) is 0 Å². The molecule has 0 bridgehead atoms. The molecule has 0 rings (SSSR count). The topological polar surface area (TPSA) is 65.0 Å². The van der Waals surface area contributed by atoms with Gasteiger partial charge in [0.1, 0.15) is 0 Å². The SMILES string of the molecule is COC(=O)/N=C\C(COC(C)(C)C)C(=O)S. The lowest BCUT2D eigenvalue weighted by Crippen LogP contribution is -2.27. The van der Waals surface area contributed by atoms with Crippen molar-refractivity contribution in [2.45, 2.75) is 26.4 Å². The third kappa shape index (κ3) is 7.42. The van der Waals surface area contributed by atoms with Crippen LogP contribution in [0.5, 0.6) is 0 Å². The summed E-state index contributed by atoms with van der Waals surface area (Å²) in [5, 5.41) is -0.406. The van der Waals surface area contributed by atoms with E-state index in [0.29, 0.717) is 0 Å². The van der Waals surface area contributed by atoms with E-state index in [-0.39, 0.29) is 12.2 Å². The molecule has 0 heterocycles. The maximum atomic E-state index is 11.1. The molecule has 0 saturated carbocycles. The number of rotatable bonds is 4. The summed E-state index contributed by atoms with van der Waals surface area (Å²) in [5.41, 5.74) is -0.361. The Kier molecular flexibility index (Phi) is 6.28. The van der Waals surface area contributed by atoms with E-state index in [1.54, 1.807) is 0 Å². The molecule has 0 aromatic rings. The number of amides is 1. The van der Waals surface area contributed by atoms with Crippen LogP contribution in [-0.4, -0.2) is 36.7 Å². The largest absolute Gasteiger partial charge is 0.451 e. The van der Waals surface area contributed by atoms with Gasteiger partial charge in [-0.15, -0.1) is 12.6 Å². The molecule has 6 heteroatoms. The first-order valence-electron chi connectivity index (χ1n) is 4.75. The zero-order chi connectivity index (χ0) is 12.8. The van der Waals surface area contributed by atoms with Gasteiger partial charge in [0.25, 0.3) is 0 Å². The van der Waals surface area contributed by atoms with E-state index in [1.165, 1.54) is 13.3 Å². The number of carbonyl (C=O) groups excluding carboxylic acids is 2. The van der Waals surface area contributed by atoms with Crippen LogP contribution < -0.4 is 0 Å². The van der Waals surface area contributed by atoms with E-state index in [9.17, 15) is 9.59 Å². The number of carbonyl (C=O) groups is 2. The van der Waals surface area contributed by atoms with Crippen molar-refractivity contribution in [2.75, 3.05) is 13.7 Å². The Hall–Kier alpha value is -0.880. The molecule has 1 unspecified atom stereocenters. The van der Waals surface area contributed by atoms with Crippen molar-refractivity contribution in [1.82, 2.24) is 0 Å². The van der Waals surface area contributed by atoms with Crippen LogP contribution in [0.25, 0.3) is 0 Å². The lowest BCUT2D eigenvalue weighted by atomic mass is 10.1. The Labute approximate surface area is 101 Å². The molecule has 1 atom stereocenters. The predicted molar refractivity (Wildman–Crippen MR) is 64.1 cm³/mol. The molecule has 0 fully saturated rings. The van der Waals surface area contributed by atoms with E-state index in [0.717, 1.165) is 0 Å². The van der Waals surface area contributed by atoms with Gasteiger partial charge in [-0.2, -0.15) is 4.99 Å². The number of ether oxygens (including phenoxy) is 2. The zero-order valence-corrected chi connectivity index (χ0v) is 10.8. The molecule has 0 radical (unpaired) electrons. The van der Waals surface area contributed by atoms with Gasteiger partial charge in [0.2, 0.25) is 0 Å². The molecule has 92 valence electrons. The van der Waals surface area contributed by atoms with E-state index >= 15 is 0 Å². The molecular formula is C10H17NO4S. The normalized spacial score (nSPS) is 13.8. The second-order valence-electron chi connectivity index (χ2n) is 4.12. The van der Waals surface area contributed by atoms with Crippen molar-refractivity contribution in [3.05, 3.63) is 0 Å². The number of aliphatic imine (C=N–C) groups is 1. The highest BCUT2D eigenvalue weighted by molar-refractivity contribution is 7.96. The highest BCUT2D eigenvalue weighted by Crippen LogP contribution is 2.10. The average Bonchev–Trinajstić information content (AvgIpc) is 2.14. The first-order chi connectivity index (χ1) is 7.26. The van der Waals surface area contributed by atoms with Crippen LogP contribution in [0.15, 0.2) is 4.99 Å². The minimum atomic E-state index is -0.754. The summed E-state index contributed by atoms with van der Waals surface area (Å²) in [6.45, 7) is 5.73. The monoisotopic (exact) mass is 247 g/mol. The van der Waals surface area contributed by atoms with E-state index in [2.05, 4.69) is 22.4 Å². The summed E-state index contributed by atoms with van der Waals surface area (Å²) in [7, 11) is 1.21. The standard InChI is InChI=1S/C10H17NO4S/c1-10(2,3)15-6-7(8(12)16)5-11-9(13)14-4/h5,7H,6H2,1-4H3,(H,12,16)/b11-5-. The fourth-order valence-corrected chi connectivity index (χ4v) is 0.863.